The Morgan fingerprint density at radius 2 is 1.58 bits per heavy atom. The van der Waals surface area contributed by atoms with Crippen LogP contribution in [0.25, 0.3) is 0 Å². The predicted molar refractivity (Wildman–Crippen MR) is 123 cm³/mol. The Balaban J connectivity index is 1.55. The van der Waals surface area contributed by atoms with Gasteiger partial charge < -0.3 is 18.9 Å². The van der Waals surface area contributed by atoms with Gasteiger partial charge in [0.2, 0.25) is 0 Å². The standard InChI is InChI=1S/C25H24N2O6/c1-3-31-20-11-7-8-12-21(20)32-17-24(28)27-26-16-18-13-14-22(23(15-18)30-2)33-25(29)19-9-5-4-6-10-19/h4-16H,3,17H2,1-2H3,(H,27,28)/b26-16+. The minimum absolute atomic E-state index is 0.223. The molecular weight excluding hydrogens is 424 g/mol. The highest BCUT2D eigenvalue weighted by Gasteiger charge is 2.12. The van der Waals surface area contributed by atoms with Gasteiger partial charge in [0.25, 0.3) is 5.91 Å². The number of nitrogens with one attached hydrogen (secondary N) is 1. The van der Waals surface area contributed by atoms with Crippen molar-refractivity contribution in [2.75, 3.05) is 20.3 Å². The molecule has 0 unspecified atom stereocenters. The van der Waals surface area contributed by atoms with Gasteiger partial charge in [0, 0.05) is 0 Å². The van der Waals surface area contributed by atoms with Crippen LogP contribution in [0.5, 0.6) is 23.0 Å². The fourth-order valence-electron chi connectivity index (χ4n) is 2.78. The largest absolute Gasteiger partial charge is 0.493 e. The monoisotopic (exact) mass is 448 g/mol. The van der Waals surface area contributed by atoms with Crippen molar-refractivity contribution in [3.63, 3.8) is 0 Å². The maximum absolute atomic E-state index is 12.3. The van der Waals surface area contributed by atoms with E-state index in [0.29, 0.717) is 35.0 Å². The molecule has 0 saturated heterocycles. The van der Waals surface area contributed by atoms with E-state index in [1.54, 1.807) is 60.7 Å². The van der Waals surface area contributed by atoms with E-state index in [2.05, 4.69) is 10.5 Å². The quantitative estimate of drug-likeness (QED) is 0.219. The summed E-state index contributed by atoms with van der Waals surface area (Å²) in [5, 5.41) is 3.93. The molecular formula is C25H24N2O6. The van der Waals surface area contributed by atoms with Crippen molar-refractivity contribution >= 4 is 18.1 Å². The first-order valence-electron chi connectivity index (χ1n) is 10.2. The molecule has 33 heavy (non-hydrogen) atoms. The number of hydrazone groups is 1. The lowest BCUT2D eigenvalue weighted by Crippen LogP contribution is -2.24. The average Bonchev–Trinajstić information content (AvgIpc) is 2.85. The molecule has 0 radical (unpaired) electrons. The molecule has 3 aromatic carbocycles. The van der Waals surface area contributed by atoms with Crippen molar-refractivity contribution in [2.24, 2.45) is 5.10 Å². The molecule has 3 aromatic rings. The number of esters is 1. The second-order valence-corrected chi connectivity index (χ2v) is 6.63. The number of benzene rings is 3. The maximum Gasteiger partial charge on any atom is 0.343 e. The predicted octanol–water partition coefficient (Wildman–Crippen LogP) is 3.84. The molecule has 3 rings (SSSR count). The first-order chi connectivity index (χ1) is 16.1. The van der Waals surface area contributed by atoms with Crippen LogP contribution in [-0.2, 0) is 4.79 Å². The summed E-state index contributed by atoms with van der Waals surface area (Å²) in [5.41, 5.74) is 3.46. The zero-order valence-electron chi connectivity index (χ0n) is 18.3. The number of nitrogens with zero attached hydrogens (tertiary/aromatic N) is 1. The van der Waals surface area contributed by atoms with Crippen molar-refractivity contribution in [1.29, 1.82) is 0 Å². The third-order valence-electron chi connectivity index (χ3n) is 4.31. The van der Waals surface area contributed by atoms with Crippen molar-refractivity contribution in [3.8, 4) is 23.0 Å². The SMILES string of the molecule is CCOc1ccccc1OCC(=O)N/N=C/c1ccc(OC(=O)c2ccccc2)c(OC)c1. The number of hydrogen-bond donors (Lipinski definition) is 1. The van der Waals surface area contributed by atoms with E-state index in [1.165, 1.54) is 13.3 Å². The second-order valence-electron chi connectivity index (χ2n) is 6.63. The van der Waals surface area contributed by atoms with Crippen LogP contribution in [0.2, 0.25) is 0 Å². The van der Waals surface area contributed by atoms with Crippen LogP contribution in [0.3, 0.4) is 0 Å². The highest BCUT2D eigenvalue weighted by Crippen LogP contribution is 2.28. The molecule has 0 atom stereocenters. The van der Waals surface area contributed by atoms with Crippen LogP contribution in [0, 0.1) is 0 Å². The van der Waals surface area contributed by atoms with Gasteiger partial charge in [-0.25, -0.2) is 10.2 Å². The fraction of sp³-hybridized carbons (Fsp3) is 0.160. The van der Waals surface area contributed by atoms with Crippen LogP contribution in [0.1, 0.15) is 22.8 Å². The Morgan fingerprint density at radius 1 is 0.879 bits per heavy atom. The van der Waals surface area contributed by atoms with Gasteiger partial charge in [-0.2, -0.15) is 5.10 Å². The van der Waals surface area contributed by atoms with E-state index < -0.39 is 11.9 Å². The molecule has 1 amide bonds. The molecule has 0 aromatic heterocycles. The maximum atomic E-state index is 12.3. The van der Waals surface area contributed by atoms with Crippen LogP contribution in [0.15, 0.2) is 77.9 Å². The molecule has 0 bridgehead atoms. The van der Waals surface area contributed by atoms with Crippen molar-refractivity contribution in [3.05, 3.63) is 83.9 Å². The molecule has 8 heteroatoms. The average molecular weight is 448 g/mol. The summed E-state index contributed by atoms with van der Waals surface area (Å²) in [7, 11) is 1.47. The first-order valence-corrected chi connectivity index (χ1v) is 10.2. The Labute approximate surface area is 191 Å². The number of para-hydroxylation sites is 2. The normalized spacial score (nSPS) is 10.5. The van der Waals surface area contributed by atoms with Crippen molar-refractivity contribution in [2.45, 2.75) is 6.92 Å². The molecule has 0 spiro atoms. The molecule has 0 saturated carbocycles. The van der Waals surface area contributed by atoms with E-state index in [4.69, 9.17) is 18.9 Å². The van der Waals surface area contributed by atoms with Gasteiger partial charge in [0.15, 0.2) is 29.6 Å². The van der Waals surface area contributed by atoms with Gasteiger partial charge >= 0.3 is 5.97 Å². The Morgan fingerprint density at radius 3 is 2.27 bits per heavy atom. The van der Waals surface area contributed by atoms with Gasteiger partial charge in [-0.15, -0.1) is 0 Å². The van der Waals surface area contributed by atoms with Crippen LogP contribution >= 0.6 is 0 Å². The van der Waals surface area contributed by atoms with Crippen molar-refractivity contribution < 1.29 is 28.5 Å². The smallest absolute Gasteiger partial charge is 0.343 e. The zero-order valence-corrected chi connectivity index (χ0v) is 18.3. The number of carbonyl (C=O) groups is 2. The van der Waals surface area contributed by atoms with Crippen molar-refractivity contribution in [1.82, 2.24) is 5.43 Å². The lowest BCUT2D eigenvalue weighted by atomic mass is 10.2. The minimum Gasteiger partial charge on any atom is -0.493 e. The number of rotatable bonds is 10. The van der Waals surface area contributed by atoms with E-state index in [0.717, 1.165) is 0 Å². The van der Waals surface area contributed by atoms with E-state index in [9.17, 15) is 9.59 Å². The topological polar surface area (TPSA) is 95.5 Å². The Bertz CT molecular complexity index is 1110. The summed E-state index contributed by atoms with van der Waals surface area (Å²) in [6.45, 7) is 2.14. The fourth-order valence-corrected chi connectivity index (χ4v) is 2.78. The van der Waals surface area contributed by atoms with Gasteiger partial charge in [-0.1, -0.05) is 30.3 Å². The number of ether oxygens (including phenoxy) is 4. The number of carbonyl (C=O) groups excluding carboxylic acids is 2. The van der Waals surface area contributed by atoms with Crippen LogP contribution in [-0.4, -0.2) is 38.4 Å². The third-order valence-corrected chi connectivity index (χ3v) is 4.31. The molecule has 0 heterocycles. The highest BCUT2D eigenvalue weighted by molar-refractivity contribution is 5.91. The third kappa shape index (κ3) is 6.83. The summed E-state index contributed by atoms with van der Waals surface area (Å²) in [4.78, 5) is 24.3. The Hall–Kier alpha value is -4.33. The van der Waals surface area contributed by atoms with Gasteiger partial charge in [-0.3, -0.25) is 4.79 Å². The lowest BCUT2D eigenvalue weighted by Gasteiger charge is -2.11. The summed E-state index contributed by atoms with van der Waals surface area (Å²) in [6, 6.07) is 20.7. The summed E-state index contributed by atoms with van der Waals surface area (Å²) in [5.74, 6) is 0.742. The lowest BCUT2D eigenvalue weighted by molar-refractivity contribution is -0.123. The van der Waals surface area contributed by atoms with Gasteiger partial charge in [-0.05, 0) is 55.0 Å². The zero-order chi connectivity index (χ0) is 23.5. The molecule has 170 valence electrons. The van der Waals surface area contributed by atoms with Gasteiger partial charge in [0.1, 0.15) is 0 Å². The van der Waals surface area contributed by atoms with E-state index in [1.807, 2.05) is 19.1 Å². The summed E-state index contributed by atoms with van der Waals surface area (Å²) >= 11 is 0. The number of amides is 1. The number of methoxy groups -OCH3 is 1. The summed E-state index contributed by atoms with van der Waals surface area (Å²) < 4.78 is 21.7. The van der Waals surface area contributed by atoms with Crippen LogP contribution < -0.4 is 24.4 Å². The van der Waals surface area contributed by atoms with Gasteiger partial charge in [0.05, 0.1) is 25.5 Å². The first kappa shape index (κ1) is 23.3. The highest BCUT2D eigenvalue weighted by atomic mass is 16.6. The van der Waals surface area contributed by atoms with Crippen LogP contribution in [0.4, 0.5) is 0 Å². The summed E-state index contributed by atoms with van der Waals surface area (Å²) in [6.07, 6.45) is 1.44. The molecule has 1 N–H and O–H groups in total. The van der Waals surface area contributed by atoms with E-state index in [-0.39, 0.29) is 12.4 Å². The Kier molecular flexibility index (Phi) is 8.41. The molecule has 0 aliphatic rings. The minimum atomic E-state index is -0.492. The molecule has 0 aliphatic heterocycles. The molecule has 0 aliphatic carbocycles. The molecule has 8 nitrogen and oxygen atoms in total. The number of hydrogen-bond acceptors (Lipinski definition) is 7. The van der Waals surface area contributed by atoms with E-state index >= 15 is 0 Å². The second kappa shape index (κ2) is 11.9. The molecule has 0 fully saturated rings.